The highest BCUT2D eigenvalue weighted by Crippen LogP contribution is 2.16. The van der Waals surface area contributed by atoms with E-state index >= 15 is 0 Å². The van der Waals surface area contributed by atoms with Crippen molar-refractivity contribution in [2.24, 2.45) is 5.73 Å². The van der Waals surface area contributed by atoms with E-state index < -0.39 is 0 Å². The first kappa shape index (κ1) is 11.8. The molecule has 0 saturated heterocycles. The zero-order chi connectivity index (χ0) is 11.9. The topological polar surface area (TPSA) is 38.9 Å². The molecule has 0 spiro atoms. The number of rotatable bonds is 5. The highest BCUT2D eigenvalue weighted by Gasteiger charge is 2.04. The van der Waals surface area contributed by atoms with E-state index in [-0.39, 0.29) is 6.04 Å². The number of aromatic nitrogens is 1. The smallest absolute Gasteiger partial charge is 0.0294 e. The summed E-state index contributed by atoms with van der Waals surface area (Å²) >= 11 is 0. The lowest BCUT2D eigenvalue weighted by Gasteiger charge is -2.11. The Morgan fingerprint density at radius 3 is 2.41 bits per heavy atom. The standard InChI is InChI=1S/C15H18N2/c16-15(14-6-2-1-3-7-14)8-4-5-13-9-11-17-12-10-13/h1-3,6-7,9-12,15H,4-5,8,16H2/t15-/m1/s1. The van der Waals surface area contributed by atoms with Gasteiger partial charge in [-0.25, -0.2) is 0 Å². The van der Waals surface area contributed by atoms with Crippen molar-refractivity contribution in [2.75, 3.05) is 0 Å². The Hall–Kier alpha value is -1.67. The molecule has 88 valence electrons. The molecule has 2 aromatic rings. The third-order valence-corrected chi connectivity index (χ3v) is 2.96. The van der Waals surface area contributed by atoms with Crippen molar-refractivity contribution in [3.05, 3.63) is 66.0 Å². The zero-order valence-corrected chi connectivity index (χ0v) is 9.92. The molecule has 0 aliphatic rings. The van der Waals surface area contributed by atoms with Gasteiger partial charge in [-0.05, 0) is 42.5 Å². The molecule has 1 aromatic heterocycles. The summed E-state index contributed by atoms with van der Waals surface area (Å²) in [6.07, 6.45) is 6.88. The van der Waals surface area contributed by atoms with Crippen LogP contribution in [-0.4, -0.2) is 4.98 Å². The van der Waals surface area contributed by atoms with Gasteiger partial charge in [-0.3, -0.25) is 4.98 Å². The van der Waals surface area contributed by atoms with Crippen molar-refractivity contribution in [3.63, 3.8) is 0 Å². The van der Waals surface area contributed by atoms with Gasteiger partial charge in [0.1, 0.15) is 0 Å². The number of nitrogens with zero attached hydrogens (tertiary/aromatic N) is 1. The SMILES string of the molecule is N[C@H](CCCc1ccncc1)c1ccccc1. The fourth-order valence-electron chi connectivity index (χ4n) is 1.94. The second kappa shape index (κ2) is 6.16. The minimum Gasteiger partial charge on any atom is -0.324 e. The maximum absolute atomic E-state index is 6.15. The Bertz CT molecular complexity index is 425. The quantitative estimate of drug-likeness (QED) is 0.850. The molecule has 2 nitrogen and oxygen atoms in total. The second-order valence-electron chi connectivity index (χ2n) is 4.26. The van der Waals surface area contributed by atoms with Crippen LogP contribution in [0.5, 0.6) is 0 Å². The van der Waals surface area contributed by atoms with E-state index in [4.69, 9.17) is 5.73 Å². The van der Waals surface area contributed by atoms with Gasteiger partial charge in [0, 0.05) is 18.4 Å². The molecule has 1 aromatic carbocycles. The van der Waals surface area contributed by atoms with E-state index in [9.17, 15) is 0 Å². The van der Waals surface area contributed by atoms with Crippen molar-refractivity contribution in [1.82, 2.24) is 4.98 Å². The number of benzene rings is 1. The fourth-order valence-corrected chi connectivity index (χ4v) is 1.94. The van der Waals surface area contributed by atoms with Crippen molar-refractivity contribution in [1.29, 1.82) is 0 Å². The summed E-state index contributed by atoms with van der Waals surface area (Å²) in [5.41, 5.74) is 8.70. The Morgan fingerprint density at radius 2 is 1.71 bits per heavy atom. The van der Waals surface area contributed by atoms with Crippen LogP contribution in [0, 0.1) is 0 Å². The minimum atomic E-state index is 0.151. The lowest BCUT2D eigenvalue weighted by Crippen LogP contribution is -2.10. The van der Waals surface area contributed by atoms with Gasteiger partial charge < -0.3 is 5.73 Å². The first-order chi connectivity index (χ1) is 8.36. The minimum absolute atomic E-state index is 0.151. The molecule has 1 atom stereocenters. The van der Waals surface area contributed by atoms with Gasteiger partial charge in [0.05, 0.1) is 0 Å². The van der Waals surface area contributed by atoms with Crippen LogP contribution in [0.4, 0.5) is 0 Å². The van der Waals surface area contributed by atoms with Crippen molar-refractivity contribution >= 4 is 0 Å². The second-order valence-corrected chi connectivity index (χ2v) is 4.26. The van der Waals surface area contributed by atoms with Gasteiger partial charge in [0.15, 0.2) is 0 Å². The number of hydrogen-bond donors (Lipinski definition) is 1. The maximum atomic E-state index is 6.15. The first-order valence-corrected chi connectivity index (χ1v) is 6.05. The molecular weight excluding hydrogens is 208 g/mol. The Balaban J connectivity index is 1.79. The van der Waals surface area contributed by atoms with Crippen molar-refractivity contribution in [2.45, 2.75) is 25.3 Å². The molecule has 1 heterocycles. The largest absolute Gasteiger partial charge is 0.324 e. The summed E-state index contributed by atoms with van der Waals surface area (Å²) < 4.78 is 0. The third kappa shape index (κ3) is 3.68. The molecule has 0 saturated carbocycles. The predicted octanol–water partition coefficient (Wildman–Crippen LogP) is 3.10. The molecule has 2 rings (SSSR count). The summed E-state index contributed by atoms with van der Waals surface area (Å²) in [7, 11) is 0. The van der Waals surface area contributed by atoms with Crippen LogP contribution in [0.15, 0.2) is 54.9 Å². The van der Waals surface area contributed by atoms with Gasteiger partial charge in [0.2, 0.25) is 0 Å². The molecule has 2 N–H and O–H groups in total. The summed E-state index contributed by atoms with van der Waals surface area (Å²) in [4.78, 5) is 4.01. The summed E-state index contributed by atoms with van der Waals surface area (Å²) in [6.45, 7) is 0. The molecule has 0 fully saturated rings. The van der Waals surface area contributed by atoms with Crippen LogP contribution >= 0.6 is 0 Å². The molecule has 2 heteroatoms. The molecule has 0 amide bonds. The van der Waals surface area contributed by atoms with Gasteiger partial charge in [-0.2, -0.15) is 0 Å². The number of pyridine rings is 1. The Kier molecular flexibility index (Phi) is 4.28. The van der Waals surface area contributed by atoms with Crippen LogP contribution in [0.2, 0.25) is 0 Å². The van der Waals surface area contributed by atoms with E-state index in [0.29, 0.717) is 0 Å². The van der Waals surface area contributed by atoms with Crippen LogP contribution in [-0.2, 0) is 6.42 Å². The normalized spacial score (nSPS) is 12.3. The van der Waals surface area contributed by atoms with Gasteiger partial charge in [-0.1, -0.05) is 30.3 Å². The van der Waals surface area contributed by atoms with E-state index in [1.165, 1.54) is 11.1 Å². The molecule has 0 aliphatic heterocycles. The molecule has 0 aliphatic carbocycles. The van der Waals surface area contributed by atoms with E-state index in [1.807, 2.05) is 30.6 Å². The van der Waals surface area contributed by atoms with Crippen LogP contribution in [0.1, 0.15) is 30.0 Å². The molecule has 0 bridgehead atoms. The molecular formula is C15H18N2. The molecule has 0 unspecified atom stereocenters. The molecule has 0 radical (unpaired) electrons. The Morgan fingerprint density at radius 1 is 1.00 bits per heavy atom. The van der Waals surface area contributed by atoms with Crippen molar-refractivity contribution < 1.29 is 0 Å². The summed E-state index contributed by atoms with van der Waals surface area (Å²) in [5.74, 6) is 0. The lowest BCUT2D eigenvalue weighted by atomic mass is 10.0. The van der Waals surface area contributed by atoms with Crippen LogP contribution < -0.4 is 5.73 Å². The van der Waals surface area contributed by atoms with Crippen molar-refractivity contribution in [3.8, 4) is 0 Å². The summed E-state index contributed by atoms with van der Waals surface area (Å²) in [6, 6.07) is 14.6. The van der Waals surface area contributed by atoms with E-state index in [1.54, 1.807) is 0 Å². The van der Waals surface area contributed by atoms with Crippen LogP contribution in [0.25, 0.3) is 0 Å². The Labute approximate surface area is 103 Å². The fraction of sp³-hybridized carbons (Fsp3) is 0.267. The average molecular weight is 226 g/mol. The number of nitrogens with two attached hydrogens (primary N) is 1. The lowest BCUT2D eigenvalue weighted by molar-refractivity contribution is 0.611. The molecule has 17 heavy (non-hydrogen) atoms. The first-order valence-electron chi connectivity index (χ1n) is 6.05. The summed E-state index contributed by atoms with van der Waals surface area (Å²) in [5, 5.41) is 0. The van der Waals surface area contributed by atoms with Gasteiger partial charge in [-0.15, -0.1) is 0 Å². The van der Waals surface area contributed by atoms with Gasteiger partial charge >= 0.3 is 0 Å². The number of hydrogen-bond acceptors (Lipinski definition) is 2. The van der Waals surface area contributed by atoms with E-state index in [2.05, 4.69) is 29.2 Å². The van der Waals surface area contributed by atoms with Crippen LogP contribution in [0.3, 0.4) is 0 Å². The monoisotopic (exact) mass is 226 g/mol. The third-order valence-electron chi connectivity index (χ3n) is 2.96. The van der Waals surface area contributed by atoms with Gasteiger partial charge in [0.25, 0.3) is 0 Å². The predicted molar refractivity (Wildman–Crippen MR) is 70.5 cm³/mol. The highest BCUT2D eigenvalue weighted by molar-refractivity contribution is 5.18. The zero-order valence-electron chi connectivity index (χ0n) is 9.92. The highest BCUT2D eigenvalue weighted by atomic mass is 14.6. The van der Waals surface area contributed by atoms with E-state index in [0.717, 1.165) is 19.3 Å². The average Bonchev–Trinajstić information content (AvgIpc) is 2.41. The number of aryl methyl sites for hydroxylation is 1. The maximum Gasteiger partial charge on any atom is 0.0294 e.